The summed E-state index contributed by atoms with van der Waals surface area (Å²) in [4.78, 5) is 12.9. The number of carbonyl (C=O) groups excluding carboxylic acids is 1. The molecule has 0 fully saturated rings. The molecule has 2 aromatic carbocycles. The van der Waals surface area contributed by atoms with E-state index in [0.717, 1.165) is 5.56 Å². The van der Waals surface area contributed by atoms with Gasteiger partial charge >= 0.3 is 0 Å². The van der Waals surface area contributed by atoms with Gasteiger partial charge in [0.1, 0.15) is 23.2 Å². The van der Waals surface area contributed by atoms with Gasteiger partial charge in [-0.05, 0) is 54.4 Å². The lowest BCUT2D eigenvalue weighted by Crippen LogP contribution is -2.24. The fourth-order valence-corrected chi connectivity index (χ4v) is 2.64. The Kier molecular flexibility index (Phi) is 5.60. The number of halogens is 1. The lowest BCUT2D eigenvalue weighted by Gasteiger charge is -2.16. The molecule has 1 amide bonds. The molecule has 0 radical (unpaired) electrons. The molecule has 0 aliphatic carbocycles. The summed E-state index contributed by atoms with van der Waals surface area (Å²) >= 11 is 0. The maximum absolute atomic E-state index is 13.1. The van der Waals surface area contributed by atoms with E-state index in [2.05, 4.69) is 25.9 Å². The van der Waals surface area contributed by atoms with Gasteiger partial charge in [-0.3, -0.25) is 4.79 Å². The topological polar surface area (TPSA) is 102 Å². The van der Waals surface area contributed by atoms with Crippen LogP contribution in [0.4, 0.5) is 10.1 Å². The first-order chi connectivity index (χ1) is 13.1. The Bertz CT molecular complexity index is 900. The predicted molar refractivity (Wildman–Crippen MR) is 95.2 cm³/mol. The Hall–Kier alpha value is -3.49. The van der Waals surface area contributed by atoms with Crippen LogP contribution in [-0.4, -0.2) is 40.8 Å². The number of carbonyl (C=O) groups is 1. The van der Waals surface area contributed by atoms with Crippen molar-refractivity contribution in [1.82, 2.24) is 20.6 Å². The molecule has 8 nitrogen and oxygen atoms in total. The Morgan fingerprint density at radius 3 is 2.59 bits per heavy atom. The van der Waals surface area contributed by atoms with Crippen LogP contribution in [0.2, 0.25) is 0 Å². The smallest absolute Gasteiger partial charge is 0.235 e. The minimum absolute atomic E-state index is 0.236. The zero-order valence-electron chi connectivity index (χ0n) is 14.8. The van der Waals surface area contributed by atoms with Gasteiger partial charge in [0.15, 0.2) is 5.82 Å². The highest BCUT2D eigenvalue weighted by molar-refractivity contribution is 5.95. The summed E-state index contributed by atoms with van der Waals surface area (Å²) < 4.78 is 23.7. The van der Waals surface area contributed by atoms with Gasteiger partial charge in [0.25, 0.3) is 0 Å². The number of hydrogen-bond acceptors (Lipinski definition) is 6. The fraction of sp³-hybridized carbons (Fsp3) is 0.222. The highest BCUT2D eigenvalue weighted by Gasteiger charge is 2.27. The fourth-order valence-electron chi connectivity index (χ4n) is 2.64. The molecule has 0 spiro atoms. The summed E-state index contributed by atoms with van der Waals surface area (Å²) in [6.45, 7) is 0. The van der Waals surface area contributed by atoms with Crippen molar-refractivity contribution < 1.29 is 18.7 Å². The first-order valence-electron chi connectivity index (χ1n) is 8.11. The number of amides is 1. The molecule has 2 N–H and O–H groups in total. The monoisotopic (exact) mass is 371 g/mol. The van der Waals surface area contributed by atoms with E-state index in [1.165, 1.54) is 24.3 Å². The average molecular weight is 371 g/mol. The SMILES string of the molecule is COc1ccc(OC)c(C[C@@H](C(=O)Nc2ccc(F)cc2)c2nn[nH]n2)c1. The van der Waals surface area contributed by atoms with E-state index in [1.807, 2.05) is 0 Å². The molecule has 27 heavy (non-hydrogen) atoms. The average Bonchev–Trinajstić information content (AvgIpc) is 3.22. The molecule has 0 aliphatic rings. The van der Waals surface area contributed by atoms with Crippen molar-refractivity contribution in [2.75, 3.05) is 19.5 Å². The van der Waals surface area contributed by atoms with Crippen LogP contribution in [0.1, 0.15) is 17.3 Å². The molecule has 1 aromatic heterocycles. The van der Waals surface area contributed by atoms with Crippen LogP contribution in [0.15, 0.2) is 42.5 Å². The Morgan fingerprint density at radius 1 is 1.19 bits per heavy atom. The van der Waals surface area contributed by atoms with Crippen LogP contribution in [0.5, 0.6) is 11.5 Å². The molecule has 9 heteroatoms. The van der Waals surface area contributed by atoms with Gasteiger partial charge in [-0.2, -0.15) is 5.21 Å². The van der Waals surface area contributed by atoms with Gasteiger partial charge in [-0.25, -0.2) is 4.39 Å². The number of tetrazole rings is 1. The number of hydrogen-bond donors (Lipinski definition) is 2. The maximum Gasteiger partial charge on any atom is 0.235 e. The van der Waals surface area contributed by atoms with Crippen molar-refractivity contribution in [3.8, 4) is 11.5 Å². The Morgan fingerprint density at radius 2 is 1.96 bits per heavy atom. The van der Waals surface area contributed by atoms with E-state index < -0.39 is 5.92 Å². The van der Waals surface area contributed by atoms with Crippen LogP contribution in [0.3, 0.4) is 0 Å². The first kappa shape index (κ1) is 18.3. The minimum Gasteiger partial charge on any atom is -0.497 e. The molecular weight excluding hydrogens is 353 g/mol. The second-order valence-electron chi connectivity index (χ2n) is 5.70. The standard InChI is InChI=1S/C18H18FN5O3/c1-26-14-7-8-16(27-2)11(9-14)10-15(17-21-23-24-22-17)18(25)20-13-5-3-12(19)4-6-13/h3-9,15H,10H2,1-2H3,(H,20,25)(H,21,22,23,24)/t15-/m1/s1. The lowest BCUT2D eigenvalue weighted by molar-refractivity contribution is -0.117. The largest absolute Gasteiger partial charge is 0.497 e. The third-order valence-corrected chi connectivity index (χ3v) is 4.01. The zero-order valence-corrected chi connectivity index (χ0v) is 14.8. The van der Waals surface area contributed by atoms with Gasteiger partial charge in [0, 0.05) is 5.69 Å². The Balaban J connectivity index is 1.88. The number of nitrogens with one attached hydrogen (secondary N) is 2. The van der Waals surface area contributed by atoms with E-state index in [-0.39, 0.29) is 24.0 Å². The summed E-state index contributed by atoms with van der Waals surface area (Å²) in [7, 11) is 3.11. The highest BCUT2D eigenvalue weighted by atomic mass is 19.1. The van der Waals surface area contributed by atoms with Gasteiger partial charge in [0.2, 0.25) is 5.91 Å². The Labute approximate surface area is 154 Å². The van der Waals surface area contributed by atoms with Crippen LogP contribution in [0.25, 0.3) is 0 Å². The first-order valence-corrected chi connectivity index (χ1v) is 8.11. The molecule has 0 unspecified atom stereocenters. The van der Waals surface area contributed by atoms with Crippen molar-refractivity contribution >= 4 is 11.6 Å². The van der Waals surface area contributed by atoms with E-state index in [4.69, 9.17) is 9.47 Å². The number of nitrogens with zero attached hydrogens (tertiary/aromatic N) is 3. The molecular formula is C18H18FN5O3. The number of methoxy groups -OCH3 is 2. The highest BCUT2D eigenvalue weighted by Crippen LogP contribution is 2.29. The lowest BCUT2D eigenvalue weighted by atomic mass is 9.96. The number of anilines is 1. The van der Waals surface area contributed by atoms with Crippen molar-refractivity contribution in [2.45, 2.75) is 12.3 Å². The number of benzene rings is 2. The number of H-pyrrole nitrogens is 1. The molecule has 0 aliphatic heterocycles. The summed E-state index contributed by atoms with van der Waals surface area (Å²) in [6, 6.07) is 10.8. The predicted octanol–water partition coefficient (Wildman–Crippen LogP) is 2.32. The third-order valence-electron chi connectivity index (χ3n) is 4.01. The quantitative estimate of drug-likeness (QED) is 0.661. The number of aromatic amines is 1. The van der Waals surface area contributed by atoms with Gasteiger partial charge in [0.05, 0.1) is 14.2 Å². The van der Waals surface area contributed by atoms with Crippen molar-refractivity contribution in [1.29, 1.82) is 0 Å². The molecule has 3 rings (SSSR count). The van der Waals surface area contributed by atoms with Gasteiger partial charge in [-0.1, -0.05) is 5.21 Å². The zero-order chi connectivity index (χ0) is 19.2. The summed E-state index contributed by atoms with van der Waals surface area (Å²) in [5.41, 5.74) is 1.22. The van der Waals surface area contributed by atoms with E-state index in [0.29, 0.717) is 17.2 Å². The van der Waals surface area contributed by atoms with Crippen LogP contribution in [0, 0.1) is 5.82 Å². The van der Waals surface area contributed by atoms with E-state index in [1.54, 1.807) is 32.4 Å². The van der Waals surface area contributed by atoms with Gasteiger partial charge < -0.3 is 14.8 Å². The third kappa shape index (κ3) is 4.38. The van der Waals surface area contributed by atoms with Crippen molar-refractivity contribution in [3.05, 3.63) is 59.7 Å². The van der Waals surface area contributed by atoms with Crippen molar-refractivity contribution in [2.24, 2.45) is 0 Å². The van der Waals surface area contributed by atoms with E-state index >= 15 is 0 Å². The second-order valence-corrected chi connectivity index (χ2v) is 5.70. The molecule has 1 heterocycles. The molecule has 140 valence electrons. The molecule has 3 aromatic rings. The maximum atomic E-state index is 13.1. The second kappa shape index (κ2) is 8.26. The number of rotatable bonds is 7. The van der Waals surface area contributed by atoms with Crippen LogP contribution < -0.4 is 14.8 Å². The summed E-state index contributed by atoms with van der Waals surface area (Å²) in [5, 5.41) is 16.5. The van der Waals surface area contributed by atoms with E-state index in [9.17, 15) is 9.18 Å². The summed E-state index contributed by atoms with van der Waals surface area (Å²) in [6.07, 6.45) is 0.257. The van der Waals surface area contributed by atoms with Crippen LogP contribution in [-0.2, 0) is 11.2 Å². The number of aromatic nitrogens is 4. The van der Waals surface area contributed by atoms with Crippen molar-refractivity contribution in [3.63, 3.8) is 0 Å². The van der Waals surface area contributed by atoms with Crippen LogP contribution >= 0.6 is 0 Å². The molecule has 0 saturated carbocycles. The number of ether oxygens (including phenoxy) is 2. The molecule has 1 atom stereocenters. The molecule has 0 bridgehead atoms. The minimum atomic E-state index is -0.741. The normalized spacial score (nSPS) is 11.7. The molecule has 0 saturated heterocycles. The van der Waals surface area contributed by atoms with Gasteiger partial charge in [-0.15, -0.1) is 10.2 Å². The summed E-state index contributed by atoms with van der Waals surface area (Å²) in [5.74, 6) is 0.00138.